The highest BCUT2D eigenvalue weighted by molar-refractivity contribution is 9.10. The fraction of sp³-hybridized carbons (Fsp3) is 0.167. The quantitative estimate of drug-likeness (QED) is 0.254. The second-order valence-electron chi connectivity index (χ2n) is 6.77. The number of halogens is 3. The molecule has 1 N–H and O–H groups in total. The summed E-state index contributed by atoms with van der Waals surface area (Å²) >= 11 is 15.7. The maximum absolute atomic E-state index is 12.1. The Kier molecular flexibility index (Phi) is 8.97. The van der Waals surface area contributed by atoms with E-state index in [1.54, 1.807) is 24.3 Å². The van der Waals surface area contributed by atoms with Crippen LogP contribution < -0.4 is 14.9 Å². The number of amides is 1. The SMILES string of the molecule is CCOc1cc(/C=N/NC(=O)Cc2ccc(Br)cc2)cc(Cl)c1OCc1ccc(Cl)cc1. The molecule has 0 heterocycles. The van der Waals surface area contributed by atoms with Crippen molar-refractivity contribution in [1.82, 2.24) is 5.43 Å². The molecule has 0 saturated carbocycles. The zero-order chi connectivity index (χ0) is 22.9. The first-order chi connectivity index (χ1) is 15.4. The molecule has 0 atom stereocenters. The molecule has 0 fully saturated rings. The topological polar surface area (TPSA) is 59.9 Å². The summed E-state index contributed by atoms with van der Waals surface area (Å²) in [4.78, 5) is 12.1. The van der Waals surface area contributed by atoms with Gasteiger partial charge in [-0.1, -0.05) is 63.4 Å². The Labute approximate surface area is 205 Å². The first kappa shape index (κ1) is 24.1. The number of ether oxygens (including phenoxy) is 2. The molecule has 0 saturated heterocycles. The molecule has 3 rings (SSSR count). The summed E-state index contributed by atoms with van der Waals surface area (Å²) in [6.07, 6.45) is 1.74. The van der Waals surface area contributed by atoms with Crippen LogP contribution in [-0.4, -0.2) is 18.7 Å². The number of carbonyl (C=O) groups is 1. The monoisotopic (exact) mass is 534 g/mol. The summed E-state index contributed by atoms with van der Waals surface area (Å²) in [6, 6.07) is 18.4. The first-order valence-corrected chi connectivity index (χ1v) is 11.4. The Hall–Kier alpha value is -2.54. The molecule has 166 valence electrons. The van der Waals surface area contributed by atoms with Crippen molar-refractivity contribution in [3.63, 3.8) is 0 Å². The van der Waals surface area contributed by atoms with E-state index >= 15 is 0 Å². The van der Waals surface area contributed by atoms with E-state index in [-0.39, 0.29) is 12.3 Å². The van der Waals surface area contributed by atoms with Crippen molar-refractivity contribution in [1.29, 1.82) is 0 Å². The van der Waals surface area contributed by atoms with Crippen molar-refractivity contribution < 1.29 is 14.3 Å². The molecule has 0 aromatic heterocycles. The molecular weight excluding hydrogens is 515 g/mol. The van der Waals surface area contributed by atoms with Gasteiger partial charge in [0.05, 0.1) is 24.3 Å². The van der Waals surface area contributed by atoms with E-state index in [2.05, 4.69) is 26.5 Å². The fourth-order valence-corrected chi connectivity index (χ4v) is 3.47. The Morgan fingerprint density at radius 3 is 2.41 bits per heavy atom. The third kappa shape index (κ3) is 7.26. The van der Waals surface area contributed by atoms with Crippen molar-refractivity contribution in [3.8, 4) is 11.5 Å². The van der Waals surface area contributed by atoms with Gasteiger partial charge in [0.2, 0.25) is 5.91 Å². The number of benzene rings is 3. The number of hydrogen-bond acceptors (Lipinski definition) is 4. The molecule has 0 spiro atoms. The van der Waals surface area contributed by atoms with Crippen LogP contribution in [0.4, 0.5) is 0 Å². The van der Waals surface area contributed by atoms with Crippen LogP contribution in [-0.2, 0) is 17.8 Å². The predicted octanol–water partition coefficient (Wildman–Crippen LogP) is 6.43. The van der Waals surface area contributed by atoms with E-state index in [1.807, 2.05) is 43.3 Å². The van der Waals surface area contributed by atoms with Crippen molar-refractivity contribution >= 4 is 51.3 Å². The Balaban J connectivity index is 1.65. The third-order valence-corrected chi connectivity index (χ3v) is 5.37. The molecule has 0 radical (unpaired) electrons. The van der Waals surface area contributed by atoms with E-state index in [0.717, 1.165) is 15.6 Å². The highest BCUT2D eigenvalue weighted by atomic mass is 79.9. The molecule has 32 heavy (non-hydrogen) atoms. The van der Waals surface area contributed by atoms with Crippen LogP contribution in [0.1, 0.15) is 23.6 Å². The van der Waals surface area contributed by atoms with Gasteiger partial charge in [-0.25, -0.2) is 5.43 Å². The summed E-state index contributed by atoms with van der Waals surface area (Å²) in [7, 11) is 0. The van der Waals surface area contributed by atoms with Crippen LogP contribution in [0.3, 0.4) is 0 Å². The maximum atomic E-state index is 12.1. The van der Waals surface area contributed by atoms with Gasteiger partial charge in [-0.3, -0.25) is 4.79 Å². The van der Waals surface area contributed by atoms with Gasteiger partial charge >= 0.3 is 0 Å². The van der Waals surface area contributed by atoms with Crippen LogP contribution >= 0.6 is 39.1 Å². The lowest BCUT2D eigenvalue weighted by Gasteiger charge is -2.14. The van der Waals surface area contributed by atoms with E-state index in [9.17, 15) is 4.79 Å². The number of nitrogens with zero attached hydrogens (tertiary/aromatic N) is 1. The molecule has 0 bridgehead atoms. The summed E-state index contributed by atoms with van der Waals surface area (Å²) in [5.41, 5.74) is 5.04. The van der Waals surface area contributed by atoms with Gasteiger partial charge in [-0.15, -0.1) is 0 Å². The molecule has 0 aliphatic carbocycles. The smallest absolute Gasteiger partial charge is 0.244 e. The van der Waals surface area contributed by atoms with Crippen LogP contribution in [0.5, 0.6) is 11.5 Å². The van der Waals surface area contributed by atoms with Gasteiger partial charge in [0.15, 0.2) is 11.5 Å². The van der Waals surface area contributed by atoms with Crippen LogP contribution in [0.25, 0.3) is 0 Å². The number of hydrogen-bond donors (Lipinski definition) is 1. The number of rotatable bonds is 9. The Bertz CT molecular complexity index is 1090. The highest BCUT2D eigenvalue weighted by Crippen LogP contribution is 2.37. The van der Waals surface area contributed by atoms with E-state index < -0.39 is 0 Å². The van der Waals surface area contributed by atoms with E-state index in [4.69, 9.17) is 32.7 Å². The van der Waals surface area contributed by atoms with E-state index in [1.165, 1.54) is 6.21 Å². The summed E-state index contributed by atoms with van der Waals surface area (Å²) in [5.74, 6) is 0.721. The Morgan fingerprint density at radius 1 is 1.03 bits per heavy atom. The number of carbonyl (C=O) groups excluding carboxylic acids is 1. The van der Waals surface area contributed by atoms with E-state index in [0.29, 0.717) is 40.3 Å². The van der Waals surface area contributed by atoms with Crippen LogP contribution in [0.15, 0.2) is 70.2 Å². The van der Waals surface area contributed by atoms with Gasteiger partial charge < -0.3 is 9.47 Å². The molecule has 1 amide bonds. The van der Waals surface area contributed by atoms with Gasteiger partial charge in [0.25, 0.3) is 0 Å². The zero-order valence-corrected chi connectivity index (χ0v) is 20.4. The largest absolute Gasteiger partial charge is 0.490 e. The summed E-state index contributed by atoms with van der Waals surface area (Å²) in [5, 5.41) is 5.07. The lowest BCUT2D eigenvalue weighted by Crippen LogP contribution is -2.19. The first-order valence-electron chi connectivity index (χ1n) is 9.84. The number of hydrazone groups is 1. The van der Waals surface area contributed by atoms with Crippen molar-refractivity contribution in [3.05, 3.63) is 91.9 Å². The van der Waals surface area contributed by atoms with Crippen molar-refractivity contribution in [2.45, 2.75) is 20.0 Å². The molecule has 8 heteroatoms. The van der Waals surface area contributed by atoms with Crippen LogP contribution in [0, 0.1) is 0 Å². The Morgan fingerprint density at radius 2 is 1.72 bits per heavy atom. The highest BCUT2D eigenvalue weighted by Gasteiger charge is 2.13. The van der Waals surface area contributed by atoms with Gasteiger partial charge in [-0.05, 0) is 60.0 Å². The molecule has 3 aromatic carbocycles. The summed E-state index contributed by atoms with van der Waals surface area (Å²) < 4.78 is 12.6. The molecular formula is C24H21BrCl2N2O3. The second kappa shape index (κ2) is 11.9. The summed E-state index contributed by atoms with van der Waals surface area (Å²) in [6.45, 7) is 2.63. The van der Waals surface area contributed by atoms with Crippen molar-refractivity contribution in [2.24, 2.45) is 5.10 Å². The molecule has 0 aliphatic heterocycles. The maximum Gasteiger partial charge on any atom is 0.244 e. The van der Waals surface area contributed by atoms with Crippen LogP contribution in [0.2, 0.25) is 10.0 Å². The van der Waals surface area contributed by atoms with Crippen molar-refractivity contribution in [2.75, 3.05) is 6.61 Å². The molecule has 3 aromatic rings. The minimum absolute atomic E-state index is 0.220. The lowest BCUT2D eigenvalue weighted by molar-refractivity contribution is -0.120. The standard InChI is InChI=1S/C24H21BrCl2N2O3/c1-2-31-22-12-18(14-28-29-23(30)13-16-3-7-19(25)8-4-16)11-21(27)24(22)32-15-17-5-9-20(26)10-6-17/h3-12,14H,2,13,15H2,1H3,(H,29,30)/b28-14+. The third-order valence-electron chi connectivity index (χ3n) is 4.31. The van der Waals surface area contributed by atoms with Gasteiger partial charge in [-0.2, -0.15) is 5.10 Å². The fourth-order valence-electron chi connectivity index (χ4n) is 2.81. The van der Waals surface area contributed by atoms with Gasteiger partial charge in [0.1, 0.15) is 6.61 Å². The average Bonchev–Trinajstić information content (AvgIpc) is 2.76. The van der Waals surface area contributed by atoms with Gasteiger partial charge in [0, 0.05) is 9.50 Å². The molecule has 5 nitrogen and oxygen atoms in total. The average molecular weight is 536 g/mol. The lowest BCUT2D eigenvalue weighted by atomic mass is 10.1. The zero-order valence-electron chi connectivity index (χ0n) is 17.3. The molecule has 0 unspecified atom stereocenters. The second-order valence-corrected chi connectivity index (χ2v) is 8.53. The molecule has 0 aliphatic rings. The minimum Gasteiger partial charge on any atom is -0.490 e. The predicted molar refractivity (Wildman–Crippen MR) is 132 cm³/mol. The number of nitrogens with one attached hydrogen (secondary N) is 1. The minimum atomic E-state index is -0.220. The normalized spacial score (nSPS) is 10.9.